The third kappa shape index (κ3) is 2.43. The first-order valence-electron chi connectivity index (χ1n) is 4.41. The number of hydrogen-bond donors (Lipinski definition) is 1. The van der Waals surface area contributed by atoms with E-state index in [2.05, 4.69) is 6.58 Å². The Bertz CT molecular complexity index is 558. The van der Waals surface area contributed by atoms with E-state index in [4.69, 9.17) is 5.41 Å². The molecule has 4 nitrogen and oxygen atoms in total. The van der Waals surface area contributed by atoms with Gasteiger partial charge in [-0.15, -0.1) is 0 Å². The lowest BCUT2D eigenvalue weighted by atomic mass is 10.0. The summed E-state index contributed by atoms with van der Waals surface area (Å²) in [6.45, 7) is 3.46. The van der Waals surface area contributed by atoms with Gasteiger partial charge >= 0.3 is 0 Å². The molecule has 0 spiro atoms. The van der Waals surface area contributed by atoms with Crippen LogP contribution in [0.1, 0.15) is 15.9 Å². The van der Waals surface area contributed by atoms with Gasteiger partial charge in [0.15, 0.2) is 9.84 Å². The van der Waals surface area contributed by atoms with Crippen molar-refractivity contribution in [3.63, 3.8) is 0 Å². The van der Waals surface area contributed by atoms with Crippen LogP contribution in [0.2, 0.25) is 0 Å². The second-order valence-corrected chi connectivity index (χ2v) is 5.29. The number of carbonyl (C=O) groups is 1. The van der Waals surface area contributed by atoms with E-state index < -0.39 is 15.6 Å². The molecule has 1 aromatic rings. The van der Waals surface area contributed by atoms with Crippen LogP contribution in [-0.2, 0) is 9.84 Å². The Hall–Kier alpha value is -1.75. The highest BCUT2D eigenvalue weighted by molar-refractivity contribution is 7.99. The number of Topliss-reactive ketones (excluding diaryl/α,β-unsaturated/α-hetero) is 1. The maximum absolute atomic E-state index is 11.4. The largest absolute Gasteiger partial charge is 0.305 e. The van der Waals surface area contributed by atoms with E-state index in [-0.39, 0.29) is 16.0 Å². The molecule has 0 aliphatic rings. The smallest absolute Gasteiger partial charge is 0.203 e. The van der Waals surface area contributed by atoms with Crippen LogP contribution in [0.3, 0.4) is 0 Å². The minimum atomic E-state index is -3.44. The number of sulfone groups is 1. The Kier molecular flexibility index (Phi) is 3.39. The molecule has 1 rings (SSSR count). The number of ketones is 1. The Morgan fingerprint density at radius 3 is 2.25 bits per heavy atom. The van der Waals surface area contributed by atoms with Crippen LogP contribution >= 0.6 is 0 Å². The van der Waals surface area contributed by atoms with Crippen molar-refractivity contribution in [1.29, 1.82) is 5.41 Å². The van der Waals surface area contributed by atoms with Gasteiger partial charge in [-0.2, -0.15) is 0 Å². The van der Waals surface area contributed by atoms with Gasteiger partial charge in [-0.05, 0) is 0 Å². The fourth-order valence-corrected chi connectivity index (χ4v) is 1.80. The fraction of sp³-hybridized carbons (Fsp3) is 0.0909. The zero-order valence-corrected chi connectivity index (χ0v) is 9.54. The van der Waals surface area contributed by atoms with E-state index in [1.807, 2.05) is 0 Å². The molecule has 1 N–H and O–H groups in total. The van der Waals surface area contributed by atoms with Gasteiger partial charge in [0.1, 0.15) is 0 Å². The Labute approximate surface area is 94.0 Å². The van der Waals surface area contributed by atoms with E-state index in [9.17, 15) is 13.2 Å². The summed E-state index contributed by atoms with van der Waals surface area (Å²) >= 11 is 0. The minimum Gasteiger partial charge on any atom is -0.305 e. The predicted octanol–water partition coefficient (Wildman–Crippen LogP) is 1.53. The average Bonchev–Trinajstić information content (AvgIpc) is 2.25. The van der Waals surface area contributed by atoms with Crippen molar-refractivity contribution in [3.05, 3.63) is 42.0 Å². The molecule has 0 atom stereocenters. The van der Waals surface area contributed by atoms with Crippen molar-refractivity contribution in [1.82, 2.24) is 0 Å². The highest BCUT2D eigenvalue weighted by Gasteiger charge is 2.17. The van der Waals surface area contributed by atoms with Crippen LogP contribution < -0.4 is 0 Å². The molecule has 0 heterocycles. The topological polar surface area (TPSA) is 75.1 Å². The van der Waals surface area contributed by atoms with Gasteiger partial charge in [0.2, 0.25) is 5.78 Å². The Morgan fingerprint density at radius 1 is 1.31 bits per heavy atom. The van der Waals surface area contributed by atoms with Gasteiger partial charge in [0.05, 0.1) is 11.1 Å². The van der Waals surface area contributed by atoms with E-state index >= 15 is 0 Å². The zero-order valence-electron chi connectivity index (χ0n) is 8.73. The number of carbonyl (C=O) groups excluding carboxylic acids is 1. The van der Waals surface area contributed by atoms with Crippen LogP contribution in [0, 0.1) is 5.41 Å². The van der Waals surface area contributed by atoms with Gasteiger partial charge in [-0.1, -0.05) is 30.8 Å². The van der Waals surface area contributed by atoms with Crippen LogP contribution in [0.5, 0.6) is 0 Å². The third-order valence-corrected chi connectivity index (χ3v) is 3.19. The highest BCUT2D eigenvalue weighted by atomic mass is 32.2. The molecule has 0 saturated carbocycles. The van der Waals surface area contributed by atoms with Crippen molar-refractivity contribution < 1.29 is 13.2 Å². The fourth-order valence-electron chi connectivity index (χ4n) is 1.22. The lowest BCUT2D eigenvalue weighted by Crippen LogP contribution is -2.07. The second-order valence-electron chi connectivity index (χ2n) is 3.25. The van der Waals surface area contributed by atoms with Crippen molar-refractivity contribution in [3.8, 4) is 0 Å². The molecule has 0 aliphatic carbocycles. The predicted molar refractivity (Wildman–Crippen MR) is 63.4 cm³/mol. The lowest BCUT2D eigenvalue weighted by Gasteiger charge is -2.07. The molecule has 0 saturated heterocycles. The van der Waals surface area contributed by atoms with Crippen LogP contribution in [0.25, 0.3) is 4.91 Å². The molecule has 5 heteroatoms. The summed E-state index contributed by atoms with van der Waals surface area (Å²) < 4.78 is 22.7. The maximum Gasteiger partial charge on any atom is 0.203 e. The summed E-state index contributed by atoms with van der Waals surface area (Å²) in [5.41, 5.74) is 0.423. The van der Waals surface area contributed by atoms with Crippen LogP contribution in [-0.4, -0.2) is 26.7 Å². The summed E-state index contributed by atoms with van der Waals surface area (Å²) in [7, 11) is -3.44. The van der Waals surface area contributed by atoms with Crippen molar-refractivity contribution >= 4 is 26.7 Å². The highest BCUT2D eigenvalue weighted by Crippen LogP contribution is 2.22. The molecule has 0 amide bonds. The number of benzene rings is 1. The molecular formula is C11H11NO3S. The quantitative estimate of drug-likeness (QED) is 0.637. The van der Waals surface area contributed by atoms with Gasteiger partial charge < -0.3 is 5.41 Å². The van der Waals surface area contributed by atoms with E-state index in [1.54, 1.807) is 12.1 Å². The van der Waals surface area contributed by atoms with E-state index in [0.29, 0.717) is 6.21 Å². The molecule has 0 unspecified atom stereocenters. The van der Waals surface area contributed by atoms with E-state index in [1.165, 1.54) is 12.1 Å². The lowest BCUT2D eigenvalue weighted by molar-refractivity contribution is 0.107. The molecule has 0 bridgehead atoms. The first-order valence-corrected chi connectivity index (χ1v) is 6.30. The number of rotatable bonds is 4. The Balaban J connectivity index is 3.41. The van der Waals surface area contributed by atoms with E-state index in [0.717, 1.165) is 6.26 Å². The van der Waals surface area contributed by atoms with Crippen molar-refractivity contribution in [2.45, 2.75) is 0 Å². The monoisotopic (exact) mass is 237 g/mol. The molecule has 16 heavy (non-hydrogen) atoms. The number of hydrogen-bond acceptors (Lipinski definition) is 4. The van der Waals surface area contributed by atoms with Crippen molar-refractivity contribution in [2.24, 2.45) is 0 Å². The normalized spacial score (nSPS) is 10.8. The Morgan fingerprint density at radius 2 is 1.81 bits per heavy atom. The first kappa shape index (κ1) is 12.3. The summed E-state index contributed by atoms with van der Waals surface area (Å²) in [6.07, 6.45) is 1.68. The number of nitrogens with one attached hydrogen (secondary N) is 1. The van der Waals surface area contributed by atoms with Gasteiger partial charge in [-0.25, -0.2) is 8.42 Å². The second kappa shape index (κ2) is 4.40. The minimum absolute atomic E-state index is 0.113. The molecule has 0 fully saturated rings. The summed E-state index contributed by atoms with van der Waals surface area (Å²) in [4.78, 5) is 11.3. The summed E-state index contributed by atoms with van der Waals surface area (Å²) in [5.74, 6) is -0.541. The molecular weight excluding hydrogens is 226 g/mol. The third-order valence-electron chi connectivity index (χ3n) is 2.07. The summed E-state index contributed by atoms with van der Waals surface area (Å²) in [5, 5.41) is 6.89. The van der Waals surface area contributed by atoms with Crippen molar-refractivity contribution in [2.75, 3.05) is 6.26 Å². The first-order chi connectivity index (χ1) is 7.38. The van der Waals surface area contributed by atoms with Crippen LogP contribution in [0.4, 0.5) is 0 Å². The molecule has 0 aromatic heterocycles. The molecule has 1 aromatic carbocycles. The molecule has 84 valence electrons. The average molecular weight is 237 g/mol. The van der Waals surface area contributed by atoms with Gasteiger partial charge in [-0.3, -0.25) is 4.79 Å². The maximum atomic E-state index is 11.4. The van der Waals surface area contributed by atoms with Crippen LogP contribution in [0.15, 0.2) is 30.8 Å². The SMILES string of the molecule is C=C(c1ccccc1C(=O)C=N)S(C)(=O)=O. The molecule has 0 aliphatic heterocycles. The summed E-state index contributed by atoms with van der Waals surface area (Å²) in [6, 6.07) is 6.20. The van der Waals surface area contributed by atoms with Gasteiger partial charge in [0, 0.05) is 17.4 Å². The van der Waals surface area contributed by atoms with Gasteiger partial charge in [0.25, 0.3) is 0 Å². The standard InChI is InChI=1S/C11H11NO3S/c1-8(16(2,14)15)9-5-3-4-6-10(9)11(13)7-12/h3-7,12H,1H2,2H3. The zero-order chi connectivity index (χ0) is 12.3. The molecule has 0 radical (unpaired) electrons.